The van der Waals surface area contributed by atoms with Crippen molar-refractivity contribution in [2.24, 2.45) is 0 Å². The number of aryl methyl sites for hydroxylation is 1. The first kappa shape index (κ1) is 18.9. The summed E-state index contributed by atoms with van der Waals surface area (Å²) in [5.74, 6) is -1.81. The molecule has 1 aliphatic rings. The number of hydrogen-bond acceptors (Lipinski definition) is 4. The molecule has 0 unspecified atom stereocenters. The van der Waals surface area contributed by atoms with E-state index >= 15 is 0 Å². The molecule has 1 heterocycles. The molecule has 1 amide bonds. The van der Waals surface area contributed by atoms with Crippen molar-refractivity contribution >= 4 is 27.6 Å². The Bertz CT molecular complexity index is 987. The predicted molar refractivity (Wildman–Crippen MR) is 100 cm³/mol. The second-order valence-electron chi connectivity index (χ2n) is 6.37. The average Bonchev–Trinajstić information content (AvgIpc) is 2.67. The van der Waals surface area contributed by atoms with Gasteiger partial charge >= 0.3 is 5.97 Å². The van der Waals surface area contributed by atoms with Gasteiger partial charge in [0.1, 0.15) is 6.04 Å². The molecule has 0 radical (unpaired) electrons. The highest BCUT2D eigenvalue weighted by molar-refractivity contribution is 7.92. The summed E-state index contributed by atoms with van der Waals surface area (Å²) in [6.45, 7) is 1.71. The molecule has 2 N–H and O–H groups in total. The Morgan fingerprint density at radius 1 is 1.15 bits per heavy atom. The lowest BCUT2D eigenvalue weighted by molar-refractivity contribution is -0.138. The van der Waals surface area contributed by atoms with Crippen LogP contribution >= 0.6 is 0 Å². The number of fused-ring (bicyclic) bond motifs is 1. The molecule has 0 fully saturated rings. The van der Waals surface area contributed by atoms with Gasteiger partial charge in [-0.05, 0) is 49.6 Å². The topological polar surface area (TPSA) is 104 Å². The summed E-state index contributed by atoms with van der Waals surface area (Å²) in [6, 6.07) is 11.9. The molecule has 2 aromatic carbocycles. The molecular formula is C19H20N2O5S. The molecule has 0 spiro atoms. The van der Waals surface area contributed by atoms with Crippen LogP contribution in [0, 0.1) is 0 Å². The fourth-order valence-corrected chi connectivity index (χ4v) is 4.60. The Kier molecular flexibility index (Phi) is 5.18. The van der Waals surface area contributed by atoms with Crippen LogP contribution in [0.2, 0.25) is 0 Å². The summed E-state index contributed by atoms with van der Waals surface area (Å²) in [5, 5.41) is 11.2. The Morgan fingerprint density at radius 2 is 1.89 bits per heavy atom. The number of rotatable bonds is 5. The molecule has 1 atom stereocenters. The smallest absolute Gasteiger partial charge is 0.325 e. The van der Waals surface area contributed by atoms with Crippen molar-refractivity contribution in [3.63, 3.8) is 0 Å². The second-order valence-corrected chi connectivity index (χ2v) is 8.23. The molecule has 27 heavy (non-hydrogen) atoms. The van der Waals surface area contributed by atoms with E-state index in [0.29, 0.717) is 18.7 Å². The van der Waals surface area contributed by atoms with E-state index < -0.39 is 27.9 Å². The molecule has 3 rings (SSSR count). The van der Waals surface area contributed by atoms with Crippen LogP contribution in [-0.4, -0.2) is 38.0 Å². The standard InChI is InChI=1S/C19H20N2O5S/c1-13(19(23)24)20-18(22)15-7-4-9-16(12-15)27(25,26)21-11-5-8-14-6-2-3-10-17(14)21/h2-4,6-7,9-10,12-13H,5,8,11H2,1H3,(H,20,22)(H,23,24)/t13-/m0/s1. The molecule has 0 aromatic heterocycles. The van der Waals surface area contributed by atoms with E-state index in [1.54, 1.807) is 12.1 Å². The first-order valence-electron chi connectivity index (χ1n) is 8.55. The van der Waals surface area contributed by atoms with Crippen LogP contribution in [0.15, 0.2) is 53.4 Å². The lowest BCUT2D eigenvalue weighted by Gasteiger charge is -2.30. The number of carbonyl (C=O) groups is 2. The molecule has 0 saturated carbocycles. The molecule has 8 heteroatoms. The van der Waals surface area contributed by atoms with Crippen LogP contribution < -0.4 is 9.62 Å². The fraction of sp³-hybridized carbons (Fsp3) is 0.263. The molecule has 2 aromatic rings. The van der Waals surface area contributed by atoms with E-state index in [1.807, 2.05) is 12.1 Å². The van der Waals surface area contributed by atoms with Gasteiger partial charge in [0.25, 0.3) is 15.9 Å². The van der Waals surface area contributed by atoms with Crippen molar-refractivity contribution < 1.29 is 23.1 Å². The minimum atomic E-state index is -3.84. The number of carboxylic acid groups (broad SMARTS) is 1. The summed E-state index contributed by atoms with van der Waals surface area (Å²) >= 11 is 0. The van der Waals surface area contributed by atoms with Crippen LogP contribution in [0.1, 0.15) is 29.3 Å². The minimum absolute atomic E-state index is 0.00479. The van der Waals surface area contributed by atoms with Crippen molar-refractivity contribution in [1.82, 2.24) is 5.32 Å². The van der Waals surface area contributed by atoms with E-state index in [9.17, 15) is 18.0 Å². The first-order valence-corrected chi connectivity index (χ1v) is 9.99. The third kappa shape index (κ3) is 3.80. The molecule has 7 nitrogen and oxygen atoms in total. The van der Waals surface area contributed by atoms with Crippen LogP contribution in [0.5, 0.6) is 0 Å². The lowest BCUT2D eigenvalue weighted by atomic mass is 10.0. The number of aliphatic carboxylic acids is 1. The lowest BCUT2D eigenvalue weighted by Crippen LogP contribution is -2.38. The number of anilines is 1. The van der Waals surface area contributed by atoms with E-state index in [-0.39, 0.29) is 10.5 Å². The van der Waals surface area contributed by atoms with Gasteiger partial charge in [-0.3, -0.25) is 13.9 Å². The number of nitrogens with one attached hydrogen (secondary N) is 1. The first-order chi connectivity index (χ1) is 12.8. The maximum absolute atomic E-state index is 13.2. The summed E-state index contributed by atoms with van der Waals surface area (Å²) < 4.78 is 27.7. The fourth-order valence-electron chi connectivity index (χ4n) is 3.02. The van der Waals surface area contributed by atoms with Gasteiger partial charge in [0.05, 0.1) is 10.6 Å². The van der Waals surface area contributed by atoms with E-state index in [0.717, 1.165) is 12.0 Å². The van der Waals surface area contributed by atoms with E-state index in [1.165, 1.54) is 35.5 Å². The predicted octanol–water partition coefficient (Wildman–Crippen LogP) is 2.03. The highest BCUT2D eigenvalue weighted by Crippen LogP contribution is 2.31. The second kappa shape index (κ2) is 7.40. The number of nitrogens with zero attached hydrogens (tertiary/aromatic N) is 1. The Hall–Kier alpha value is -2.87. The quantitative estimate of drug-likeness (QED) is 0.816. The summed E-state index contributed by atoms with van der Waals surface area (Å²) in [6.07, 6.45) is 1.53. The summed E-state index contributed by atoms with van der Waals surface area (Å²) in [7, 11) is -3.84. The van der Waals surface area contributed by atoms with Gasteiger partial charge in [0.15, 0.2) is 0 Å². The third-order valence-electron chi connectivity index (χ3n) is 4.47. The zero-order chi connectivity index (χ0) is 19.6. The normalized spacial score (nSPS) is 14.9. The Morgan fingerprint density at radius 3 is 2.63 bits per heavy atom. The van der Waals surface area contributed by atoms with Gasteiger partial charge in [-0.25, -0.2) is 8.42 Å². The van der Waals surface area contributed by atoms with Crippen molar-refractivity contribution in [3.05, 3.63) is 59.7 Å². The molecule has 0 aliphatic carbocycles. The molecule has 142 valence electrons. The highest BCUT2D eigenvalue weighted by Gasteiger charge is 2.29. The number of carboxylic acids is 1. The van der Waals surface area contributed by atoms with Crippen LogP contribution in [0.25, 0.3) is 0 Å². The van der Waals surface area contributed by atoms with Gasteiger partial charge in [-0.15, -0.1) is 0 Å². The maximum Gasteiger partial charge on any atom is 0.325 e. The van der Waals surface area contributed by atoms with Gasteiger partial charge in [-0.2, -0.15) is 0 Å². The number of benzene rings is 2. The number of para-hydroxylation sites is 1. The van der Waals surface area contributed by atoms with Crippen LogP contribution in [0.4, 0.5) is 5.69 Å². The summed E-state index contributed by atoms with van der Waals surface area (Å²) in [5.41, 5.74) is 1.71. The SMILES string of the molecule is C[C@H](NC(=O)c1cccc(S(=O)(=O)N2CCCc3ccccc32)c1)C(=O)O. The minimum Gasteiger partial charge on any atom is -0.480 e. The molecular weight excluding hydrogens is 368 g/mol. The highest BCUT2D eigenvalue weighted by atomic mass is 32.2. The zero-order valence-corrected chi connectivity index (χ0v) is 15.6. The number of hydrogen-bond donors (Lipinski definition) is 2. The average molecular weight is 388 g/mol. The van der Waals surface area contributed by atoms with E-state index in [2.05, 4.69) is 5.32 Å². The van der Waals surface area contributed by atoms with Crippen molar-refractivity contribution in [3.8, 4) is 0 Å². The van der Waals surface area contributed by atoms with Gasteiger partial charge < -0.3 is 10.4 Å². The van der Waals surface area contributed by atoms with Gasteiger partial charge in [-0.1, -0.05) is 24.3 Å². The zero-order valence-electron chi connectivity index (χ0n) is 14.8. The third-order valence-corrected chi connectivity index (χ3v) is 6.28. The van der Waals surface area contributed by atoms with Crippen LogP contribution in [0.3, 0.4) is 0 Å². The largest absolute Gasteiger partial charge is 0.480 e. The van der Waals surface area contributed by atoms with E-state index in [4.69, 9.17) is 5.11 Å². The number of sulfonamides is 1. The summed E-state index contributed by atoms with van der Waals surface area (Å²) in [4.78, 5) is 23.1. The Labute approximate surface area is 157 Å². The number of carbonyl (C=O) groups excluding carboxylic acids is 1. The monoisotopic (exact) mass is 388 g/mol. The van der Waals surface area contributed by atoms with Crippen LogP contribution in [-0.2, 0) is 21.2 Å². The van der Waals surface area contributed by atoms with Crippen molar-refractivity contribution in [1.29, 1.82) is 0 Å². The molecule has 0 saturated heterocycles. The van der Waals surface area contributed by atoms with Crippen molar-refractivity contribution in [2.75, 3.05) is 10.8 Å². The molecule has 1 aliphatic heterocycles. The molecule has 0 bridgehead atoms. The van der Waals surface area contributed by atoms with Gasteiger partial charge in [0.2, 0.25) is 0 Å². The maximum atomic E-state index is 13.2. The number of amides is 1. The van der Waals surface area contributed by atoms with Crippen molar-refractivity contribution in [2.45, 2.75) is 30.7 Å². The van der Waals surface area contributed by atoms with Gasteiger partial charge in [0, 0.05) is 12.1 Å². The Balaban J connectivity index is 1.93.